The Hall–Kier alpha value is -1.35. The average molecular weight is 260 g/mol. The van der Waals surface area contributed by atoms with E-state index in [2.05, 4.69) is 4.98 Å². The van der Waals surface area contributed by atoms with Gasteiger partial charge in [0.05, 0.1) is 0 Å². The summed E-state index contributed by atoms with van der Waals surface area (Å²) in [7, 11) is 0. The Morgan fingerprint density at radius 3 is 2.37 bits per heavy atom. The topological polar surface area (TPSA) is 103 Å². The van der Waals surface area contributed by atoms with Gasteiger partial charge in [-0.2, -0.15) is 0 Å². The van der Waals surface area contributed by atoms with Crippen LogP contribution < -0.4 is 24.6 Å². The van der Waals surface area contributed by atoms with E-state index >= 15 is 0 Å². The van der Waals surface area contributed by atoms with Crippen LogP contribution in [0.15, 0.2) is 18.3 Å². The van der Waals surface area contributed by atoms with E-state index in [1.54, 1.807) is 20.8 Å². The van der Waals surface area contributed by atoms with Gasteiger partial charge in [-0.15, -0.1) is 0 Å². The molecule has 0 amide bonds. The number of carbonyl (C=O) groups is 2. The van der Waals surface area contributed by atoms with Crippen molar-refractivity contribution in [2.75, 3.05) is 0 Å². The molecule has 1 heterocycles. The maximum absolute atomic E-state index is 11.7. The minimum absolute atomic E-state index is 0. The first-order valence-corrected chi connectivity index (χ1v) is 5.38. The van der Waals surface area contributed by atoms with E-state index in [0.717, 1.165) is 0 Å². The number of rotatable bonds is 3. The van der Waals surface area contributed by atoms with Crippen molar-refractivity contribution in [1.82, 2.24) is 4.98 Å². The van der Waals surface area contributed by atoms with Gasteiger partial charge in [0.1, 0.15) is 17.3 Å². The molecule has 0 spiro atoms. The number of esters is 1. The SMILES string of the molecule is CC(C)(C)OC(=O)C(N)c1ccc(C(=O)O)nc1.[H-].[Li+]. The van der Waals surface area contributed by atoms with Crippen molar-refractivity contribution in [3.05, 3.63) is 29.6 Å². The van der Waals surface area contributed by atoms with Gasteiger partial charge in [0.15, 0.2) is 0 Å². The van der Waals surface area contributed by atoms with Gasteiger partial charge in [-0.05, 0) is 32.4 Å². The third-order valence-corrected chi connectivity index (χ3v) is 2.03. The fourth-order valence-corrected chi connectivity index (χ4v) is 1.22. The Bertz CT molecular complexity index is 460. The van der Waals surface area contributed by atoms with E-state index in [4.69, 9.17) is 15.6 Å². The molecular formula is C12H17LiN2O4. The molecule has 1 aromatic heterocycles. The summed E-state index contributed by atoms with van der Waals surface area (Å²) >= 11 is 0. The van der Waals surface area contributed by atoms with Crippen molar-refractivity contribution in [2.24, 2.45) is 5.73 Å². The quantitative estimate of drug-likeness (QED) is 0.493. The van der Waals surface area contributed by atoms with Gasteiger partial charge >= 0.3 is 30.8 Å². The normalized spacial score (nSPS) is 12.2. The molecule has 1 aromatic rings. The predicted octanol–water partition coefficient (Wildman–Crippen LogP) is -1.76. The standard InChI is InChI=1S/C12H16N2O4.Li.H/c1-12(2,3)18-11(17)9(13)7-4-5-8(10(15)16)14-6-7;;/h4-6,9H,13H2,1-3H3,(H,15,16);;/q;+1;-1. The smallest absolute Gasteiger partial charge is 1.00 e. The van der Waals surface area contributed by atoms with Crippen LogP contribution in [0, 0.1) is 0 Å². The summed E-state index contributed by atoms with van der Waals surface area (Å²) in [4.78, 5) is 26.0. The largest absolute Gasteiger partial charge is 1.00 e. The molecule has 0 aliphatic rings. The third kappa shape index (κ3) is 5.43. The molecule has 1 rings (SSSR count). The van der Waals surface area contributed by atoms with Crippen LogP contribution in [0.4, 0.5) is 0 Å². The van der Waals surface area contributed by atoms with E-state index in [1.807, 2.05) is 0 Å². The molecule has 7 heteroatoms. The molecule has 0 bridgehead atoms. The number of carboxylic acids is 1. The predicted molar refractivity (Wildman–Crippen MR) is 65.1 cm³/mol. The second kappa shape index (κ2) is 6.71. The molecule has 3 N–H and O–H groups in total. The molecule has 1 unspecified atom stereocenters. The molecule has 0 saturated heterocycles. The molecule has 0 fully saturated rings. The second-order valence-corrected chi connectivity index (χ2v) is 4.79. The van der Waals surface area contributed by atoms with E-state index in [-0.39, 0.29) is 26.0 Å². The van der Waals surface area contributed by atoms with E-state index in [0.29, 0.717) is 5.56 Å². The van der Waals surface area contributed by atoms with Crippen molar-refractivity contribution in [3.63, 3.8) is 0 Å². The number of hydrogen-bond acceptors (Lipinski definition) is 5. The Kier molecular flexibility index (Phi) is 6.23. The molecule has 0 aliphatic heterocycles. The van der Waals surface area contributed by atoms with Crippen LogP contribution >= 0.6 is 0 Å². The monoisotopic (exact) mass is 260 g/mol. The summed E-state index contributed by atoms with van der Waals surface area (Å²) in [5.74, 6) is -1.71. The molecular weight excluding hydrogens is 243 g/mol. The number of nitrogens with two attached hydrogens (primary N) is 1. The van der Waals surface area contributed by atoms with Crippen molar-refractivity contribution < 1.29 is 39.7 Å². The fourth-order valence-electron chi connectivity index (χ4n) is 1.22. The Morgan fingerprint density at radius 1 is 1.42 bits per heavy atom. The summed E-state index contributed by atoms with van der Waals surface area (Å²) in [6, 6.07) is 1.77. The van der Waals surface area contributed by atoms with Gasteiger partial charge in [0.25, 0.3) is 0 Å². The van der Waals surface area contributed by atoms with E-state index < -0.39 is 23.6 Å². The fraction of sp³-hybridized carbons (Fsp3) is 0.417. The molecule has 100 valence electrons. The van der Waals surface area contributed by atoms with Crippen molar-refractivity contribution in [1.29, 1.82) is 0 Å². The van der Waals surface area contributed by atoms with Gasteiger partial charge in [0, 0.05) is 6.20 Å². The Morgan fingerprint density at radius 2 is 2.00 bits per heavy atom. The van der Waals surface area contributed by atoms with Crippen LogP contribution in [0.25, 0.3) is 0 Å². The zero-order chi connectivity index (χ0) is 13.9. The van der Waals surface area contributed by atoms with Crippen molar-refractivity contribution >= 4 is 11.9 Å². The van der Waals surface area contributed by atoms with Crippen molar-refractivity contribution in [2.45, 2.75) is 32.4 Å². The molecule has 0 aromatic carbocycles. The van der Waals surface area contributed by atoms with Crippen LogP contribution in [0.2, 0.25) is 0 Å². The van der Waals surface area contributed by atoms with Gasteiger partial charge in [-0.1, -0.05) is 6.07 Å². The Balaban J connectivity index is 0. The van der Waals surface area contributed by atoms with Gasteiger partial charge in [-0.25, -0.2) is 14.6 Å². The number of pyridine rings is 1. The zero-order valence-electron chi connectivity index (χ0n) is 12.5. The summed E-state index contributed by atoms with van der Waals surface area (Å²) in [6.07, 6.45) is 1.26. The van der Waals surface area contributed by atoms with E-state index in [9.17, 15) is 9.59 Å². The van der Waals surface area contributed by atoms with Crippen LogP contribution in [-0.2, 0) is 9.53 Å². The van der Waals surface area contributed by atoms with Crippen molar-refractivity contribution in [3.8, 4) is 0 Å². The molecule has 6 nitrogen and oxygen atoms in total. The van der Waals surface area contributed by atoms with Crippen LogP contribution in [0.1, 0.15) is 44.3 Å². The molecule has 1 atom stereocenters. The molecule has 0 aliphatic carbocycles. The second-order valence-electron chi connectivity index (χ2n) is 4.79. The number of carbonyl (C=O) groups excluding carboxylic acids is 1. The zero-order valence-corrected chi connectivity index (χ0v) is 11.5. The summed E-state index contributed by atoms with van der Waals surface area (Å²) in [5.41, 5.74) is 5.40. The van der Waals surface area contributed by atoms with E-state index in [1.165, 1.54) is 18.3 Å². The minimum atomic E-state index is -1.13. The summed E-state index contributed by atoms with van der Waals surface area (Å²) < 4.78 is 5.12. The maximum Gasteiger partial charge on any atom is 1.00 e. The number of nitrogens with zero attached hydrogens (tertiary/aromatic N) is 1. The van der Waals surface area contributed by atoms with Crippen LogP contribution in [0.5, 0.6) is 0 Å². The third-order valence-electron chi connectivity index (χ3n) is 2.03. The minimum Gasteiger partial charge on any atom is -1.00 e. The molecule has 0 radical (unpaired) electrons. The number of aromatic carboxylic acids is 1. The number of ether oxygens (including phenoxy) is 1. The first kappa shape index (κ1) is 17.6. The first-order chi connectivity index (χ1) is 8.20. The summed E-state index contributed by atoms with van der Waals surface area (Å²) in [6.45, 7) is 5.22. The molecule has 0 saturated carbocycles. The van der Waals surface area contributed by atoms with Gasteiger partial charge in [0.2, 0.25) is 0 Å². The number of carboxylic acid groups (broad SMARTS) is 1. The Labute approximate surface area is 125 Å². The average Bonchev–Trinajstić information content (AvgIpc) is 2.26. The van der Waals surface area contributed by atoms with Gasteiger partial charge < -0.3 is 17.0 Å². The maximum atomic E-state index is 11.7. The van der Waals surface area contributed by atoms with Crippen LogP contribution in [0.3, 0.4) is 0 Å². The summed E-state index contributed by atoms with van der Waals surface area (Å²) in [5, 5.41) is 8.69. The van der Waals surface area contributed by atoms with Gasteiger partial charge in [-0.3, -0.25) is 0 Å². The number of hydrogen-bond donors (Lipinski definition) is 2. The first-order valence-electron chi connectivity index (χ1n) is 5.38. The van der Waals surface area contributed by atoms with Crippen LogP contribution in [-0.4, -0.2) is 27.6 Å². The molecule has 19 heavy (non-hydrogen) atoms. The number of aromatic nitrogens is 1.